The molecule has 0 radical (unpaired) electrons. The molecule has 0 heterocycles. The minimum absolute atomic E-state index is 0.145. The first kappa shape index (κ1) is 15.2. The van der Waals surface area contributed by atoms with Gasteiger partial charge in [0.05, 0.1) is 12.0 Å². The van der Waals surface area contributed by atoms with Crippen LogP contribution in [0.15, 0.2) is 41.3 Å². The van der Waals surface area contributed by atoms with Crippen molar-refractivity contribution in [3.8, 4) is 11.5 Å². The molecule has 0 saturated carbocycles. The van der Waals surface area contributed by atoms with Gasteiger partial charge in [-0.1, -0.05) is 0 Å². The van der Waals surface area contributed by atoms with Gasteiger partial charge in [0.15, 0.2) is 0 Å². The summed E-state index contributed by atoms with van der Waals surface area (Å²) in [5.41, 5.74) is 1.64. The van der Waals surface area contributed by atoms with Gasteiger partial charge in [0, 0.05) is 5.69 Å². The summed E-state index contributed by atoms with van der Waals surface area (Å²) in [6.07, 6.45) is 0. The van der Waals surface area contributed by atoms with Gasteiger partial charge in [0.2, 0.25) is 0 Å². The Bertz CT molecular complexity index is 729. The summed E-state index contributed by atoms with van der Waals surface area (Å²) in [5, 5.41) is 9.71. The molecule has 2 aromatic carbocycles. The monoisotopic (exact) mass is 307 g/mol. The predicted molar refractivity (Wildman–Crippen MR) is 81.4 cm³/mol. The molecule has 0 bridgehead atoms. The van der Waals surface area contributed by atoms with Crippen molar-refractivity contribution in [2.75, 3.05) is 11.8 Å². The lowest BCUT2D eigenvalue weighted by Gasteiger charge is -2.11. The van der Waals surface area contributed by atoms with E-state index in [1.807, 2.05) is 0 Å². The second kappa shape index (κ2) is 5.65. The number of phenols is 1. The average Bonchev–Trinajstić information content (AvgIpc) is 2.44. The zero-order valence-electron chi connectivity index (χ0n) is 12.0. The fourth-order valence-electron chi connectivity index (χ4n) is 1.98. The van der Waals surface area contributed by atoms with E-state index in [9.17, 15) is 13.5 Å². The second-order valence-electron chi connectivity index (χ2n) is 4.74. The molecule has 21 heavy (non-hydrogen) atoms. The van der Waals surface area contributed by atoms with Crippen LogP contribution in [0.2, 0.25) is 0 Å². The first-order chi connectivity index (χ1) is 9.83. The van der Waals surface area contributed by atoms with Crippen molar-refractivity contribution in [2.45, 2.75) is 18.7 Å². The maximum absolute atomic E-state index is 12.3. The van der Waals surface area contributed by atoms with Gasteiger partial charge in [-0.3, -0.25) is 4.72 Å². The van der Waals surface area contributed by atoms with Gasteiger partial charge < -0.3 is 9.84 Å². The number of aromatic hydroxyl groups is 1. The lowest BCUT2D eigenvalue weighted by Crippen LogP contribution is -2.13. The highest BCUT2D eigenvalue weighted by atomic mass is 32.2. The summed E-state index contributed by atoms with van der Waals surface area (Å²) in [7, 11) is -2.15. The van der Waals surface area contributed by atoms with Gasteiger partial charge in [-0.25, -0.2) is 8.42 Å². The van der Waals surface area contributed by atoms with E-state index in [0.717, 1.165) is 0 Å². The third kappa shape index (κ3) is 3.28. The van der Waals surface area contributed by atoms with Gasteiger partial charge in [-0.2, -0.15) is 0 Å². The van der Waals surface area contributed by atoms with Gasteiger partial charge in [-0.05, 0) is 61.4 Å². The van der Waals surface area contributed by atoms with E-state index in [1.54, 1.807) is 38.1 Å². The number of anilines is 1. The molecular formula is C15H17NO4S. The molecular weight excluding hydrogens is 290 g/mol. The Morgan fingerprint density at radius 3 is 2.05 bits per heavy atom. The predicted octanol–water partition coefficient (Wildman–Crippen LogP) is 2.82. The molecule has 2 rings (SSSR count). The summed E-state index contributed by atoms with van der Waals surface area (Å²) < 4.78 is 32.1. The van der Waals surface area contributed by atoms with E-state index in [0.29, 0.717) is 22.6 Å². The number of hydrogen-bond acceptors (Lipinski definition) is 4. The Morgan fingerprint density at radius 1 is 1.05 bits per heavy atom. The summed E-state index contributed by atoms with van der Waals surface area (Å²) in [6, 6.07) is 9.29. The highest BCUT2D eigenvalue weighted by Gasteiger charge is 2.15. The van der Waals surface area contributed by atoms with Crippen molar-refractivity contribution in [1.82, 2.24) is 0 Å². The number of nitrogens with one attached hydrogen (secondary N) is 1. The van der Waals surface area contributed by atoms with Gasteiger partial charge in [0.1, 0.15) is 11.5 Å². The van der Waals surface area contributed by atoms with E-state index in [4.69, 9.17) is 4.74 Å². The van der Waals surface area contributed by atoms with E-state index in [-0.39, 0.29) is 10.6 Å². The molecule has 0 unspecified atom stereocenters. The van der Waals surface area contributed by atoms with Gasteiger partial charge in [0.25, 0.3) is 10.0 Å². The van der Waals surface area contributed by atoms with Crippen LogP contribution in [0.25, 0.3) is 0 Å². The number of hydrogen-bond donors (Lipinski definition) is 2. The molecule has 6 heteroatoms. The van der Waals surface area contributed by atoms with Crippen LogP contribution in [0.1, 0.15) is 11.1 Å². The first-order valence-electron chi connectivity index (χ1n) is 6.30. The van der Waals surface area contributed by atoms with Crippen LogP contribution in [0, 0.1) is 13.8 Å². The minimum Gasteiger partial charge on any atom is -0.507 e. The molecule has 0 aliphatic carbocycles. The third-order valence-corrected chi connectivity index (χ3v) is 4.51. The maximum atomic E-state index is 12.3. The van der Waals surface area contributed by atoms with Crippen molar-refractivity contribution >= 4 is 15.7 Å². The highest BCUT2D eigenvalue weighted by Crippen LogP contribution is 2.27. The van der Waals surface area contributed by atoms with Crippen molar-refractivity contribution in [3.63, 3.8) is 0 Å². The first-order valence-corrected chi connectivity index (χ1v) is 7.79. The molecule has 5 nitrogen and oxygen atoms in total. The van der Waals surface area contributed by atoms with Crippen molar-refractivity contribution < 1.29 is 18.3 Å². The van der Waals surface area contributed by atoms with E-state index >= 15 is 0 Å². The number of methoxy groups -OCH3 is 1. The topological polar surface area (TPSA) is 75.6 Å². The Hall–Kier alpha value is -2.21. The van der Waals surface area contributed by atoms with Crippen molar-refractivity contribution in [3.05, 3.63) is 47.5 Å². The maximum Gasteiger partial charge on any atom is 0.261 e. The van der Waals surface area contributed by atoms with Crippen LogP contribution in [-0.2, 0) is 10.0 Å². The summed E-state index contributed by atoms with van der Waals surface area (Å²) in [5.74, 6) is 0.757. The fraction of sp³-hybridized carbons (Fsp3) is 0.200. The molecule has 0 fully saturated rings. The molecule has 0 aliphatic heterocycles. The number of phenolic OH excluding ortho intramolecular Hbond substituents is 1. The smallest absolute Gasteiger partial charge is 0.261 e. The Balaban J connectivity index is 2.32. The standard InChI is InChI=1S/C15H17NO4S/c1-10-8-12(9-11(2)15(10)17)16-21(18,19)14-6-4-13(20-3)5-7-14/h4-9,16-17H,1-3H3. The van der Waals surface area contributed by atoms with Crippen molar-refractivity contribution in [1.29, 1.82) is 0 Å². The largest absolute Gasteiger partial charge is 0.507 e. The van der Waals surface area contributed by atoms with Crippen LogP contribution in [0.3, 0.4) is 0 Å². The van der Waals surface area contributed by atoms with Crippen LogP contribution in [0.4, 0.5) is 5.69 Å². The zero-order valence-corrected chi connectivity index (χ0v) is 12.9. The number of aryl methyl sites for hydroxylation is 2. The fourth-order valence-corrected chi connectivity index (χ4v) is 3.02. The molecule has 0 saturated heterocycles. The SMILES string of the molecule is COc1ccc(S(=O)(=O)Nc2cc(C)c(O)c(C)c2)cc1. The van der Waals surface area contributed by atoms with E-state index in [1.165, 1.54) is 19.2 Å². The van der Waals surface area contributed by atoms with Gasteiger partial charge in [-0.15, -0.1) is 0 Å². The van der Waals surface area contributed by atoms with E-state index < -0.39 is 10.0 Å². The molecule has 2 aromatic rings. The van der Waals surface area contributed by atoms with Gasteiger partial charge >= 0.3 is 0 Å². The number of rotatable bonds is 4. The number of benzene rings is 2. The lowest BCUT2D eigenvalue weighted by molar-refractivity contribution is 0.414. The molecule has 0 amide bonds. The molecule has 0 atom stereocenters. The zero-order chi connectivity index (χ0) is 15.6. The molecule has 0 aliphatic rings. The third-order valence-electron chi connectivity index (χ3n) is 3.11. The number of ether oxygens (including phenoxy) is 1. The number of sulfonamides is 1. The highest BCUT2D eigenvalue weighted by molar-refractivity contribution is 7.92. The molecule has 0 spiro atoms. The average molecular weight is 307 g/mol. The summed E-state index contributed by atoms with van der Waals surface area (Å²) >= 11 is 0. The second-order valence-corrected chi connectivity index (χ2v) is 6.42. The van der Waals surface area contributed by atoms with Crippen LogP contribution >= 0.6 is 0 Å². The molecule has 0 aromatic heterocycles. The Kier molecular flexibility index (Phi) is 4.09. The Labute approximate surface area is 124 Å². The van der Waals surface area contributed by atoms with Crippen LogP contribution in [0.5, 0.6) is 11.5 Å². The molecule has 112 valence electrons. The van der Waals surface area contributed by atoms with Crippen molar-refractivity contribution in [2.24, 2.45) is 0 Å². The minimum atomic E-state index is -3.67. The normalized spacial score (nSPS) is 11.2. The van der Waals surface area contributed by atoms with Crippen LogP contribution in [-0.4, -0.2) is 20.6 Å². The summed E-state index contributed by atoms with van der Waals surface area (Å²) in [4.78, 5) is 0.145. The Morgan fingerprint density at radius 2 is 1.57 bits per heavy atom. The van der Waals surface area contributed by atoms with Crippen LogP contribution < -0.4 is 9.46 Å². The quantitative estimate of drug-likeness (QED) is 0.852. The molecule has 2 N–H and O–H groups in total. The summed E-state index contributed by atoms with van der Waals surface area (Å²) in [6.45, 7) is 3.43. The van der Waals surface area contributed by atoms with E-state index in [2.05, 4.69) is 4.72 Å². The lowest BCUT2D eigenvalue weighted by atomic mass is 10.1.